The van der Waals surface area contributed by atoms with E-state index in [1.807, 2.05) is 84.9 Å². The molecule has 0 radical (unpaired) electrons. The van der Waals surface area contributed by atoms with Crippen LogP contribution in [0.15, 0.2) is 191 Å². The standard InChI is InChI=1S/C52H30N4O2/c53-31-33-9-7-15-41(21-33)55(39-11-3-1-4-12-39)43-19-17-35-25-45-47-29-52-48(30-51(47)57-49(45)27-37(35)23-43)46-26-36-18-20-44(24-38(36)28-50(46)58-52)56(40-13-5-2-6-14-40)42-16-8-10-34(22-42)32-54/h1-30H. The van der Waals surface area contributed by atoms with Gasteiger partial charge in [0.05, 0.1) is 23.3 Å². The van der Waals surface area contributed by atoms with E-state index in [2.05, 4.69) is 119 Å². The highest BCUT2D eigenvalue weighted by molar-refractivity contribution is 6.18. The summed E-state index contributed by atoms with van der Waals surface area (Å²) >= 11 is 0. The van der Waals surface area contributed by atoms with Gasteiger partial charge in [-0.25, -0.2) is 0 Å². The molecule has 11 rings (SSSR count). The molecule has 0 aliphatic carbocycles. The van der Waals surface area contributed by atoms with Gasteiger partial charge in [0.1, 0.15) is 22.3 Å². The summed E-state index contributed by atoms with van der Waals surface area (Å²) in [4.78, 5) is 4.34. The molecule has 0 bridgehead atoms. The molecule has 0 amide bonds. The lowest BCUT2D eigenvalue weighted by molar-refractivity contribution is 0.664. The number of anilines is 6. The van der Waals surface area contributed by atoms with Gasteiger partial charge in [-0.2, -0.15) is 10.5 Å². The first kappa shape index (κ1) is 33.1. The molecule has 2 aromatic heterocycles. The lowest BCUT2D eigenvalue weighted by Gasteiger charge is -2.26. The van der Waals surface area contributed by atoms with E-state index in [1.165, 1.54) is 0 Å². The topological polar surface area (TPSA) is 80.3 Å². The summed E-state index contributed by atoms with van der Waals surface area (Å²) in [5.74, 6) is 0. The second-order valence-electron chi connectivity index (χ2n) is 14.5. The lowest BCUT2D eigenvalue weighted by atomic mass is 10.0. The van der Waals surface area contributed by atoms with E-state index in [0.29, 0.717) is 11.1 Å². The Bertz CT molecular complexity index is 3270. The van der Waals surface area contributed by atoms with E-state index in [4.69, 9.17) is 8.83 Å². The third-order valence-electron chi connectivity index (χ3n) is 11.0. The number of benzene rings is 9. The van der Waals surface area contributed by atoms with Crippen LogP contribution in [0.1, 0.15) is 11.1 Å². The summed E-state index contributed by atoms with van der Waals surface area (Å²) in [6, 6.07) is 66.0. The van der Waals surface area contributed by atoms with Crippen LogP contribution in [-0.2, 0) is 0 Å². The highest BCUT2D eigenvalue weighted by Crippen LogP contribution is 2.42. The minimum absolute atomic E-state index is 0.606. The van der Waals surface area contributed by atoms with Crippen LogP contribution in [0.4, 0.5) is 34.1 Å². The maximum atomic E-state index is 9.64. The first-order chi connectivity index (χ1) is 28.6. The first-order valence-electron chi connectivity index (χ1n) is 19.0. The number of nitrogens with zero attached hydrogens (tertiary/aromatic N) is 4. The zero-order valence-corrected chi connectivity index (χ0v) is 30.9. The fraction of sp³-hybridized carbons (Fsp3) is 0. The van der Waals surface area contributed by atoms with Gasteiger partial charge in [-0.15, -0.1) is 0 Å². The molecular weight excluding hydrogens is 713 g/mol. The molecule has 0 saturated heterocycles. The summed E-state index contributed by atoms with van der Waals surface area (Å²) in [6.07, 6.45) is 0. The molecule has 9 aromatic carbocycles. The van der Waals surface area contributed by atoms with E-state index < -0.39 is 0 Å². The zero-order valence-electron chi connectivity index (χ0n) is 30.9. The maximum Gasteiger partial charge on any atom is 0.136 e. The Morgan fingerprint density at radius 2 is 0.690 bits per heavy atom. The van der Waals surface area contributed by atoms with Gasteiger partial charge in [-0.1, -0.05) is 60.7 Å². The van der Waals surface area contributed by atoms with Crippen molar-refractivity contribution in [2.75, 3.05) is 9.80 Å². The predicted molar refractivity (Wildman–Crippen MR) is 235 cm³/mol. The second-order valence-corrected chi connectivity index (χ2v) is 14.5. The Morgan fingerprint density at radius 1 is 0.310 bits per heavy atom. The van der Waals surface area contributed by atoms with E-state index in [0.717, 1.165) is 99.5 Å². The Balaban J connectivity index is 1.00. The fourth-order valence-electron chi connectivity index (χ4n) is 8.26. The van der Waals surface area contributed by atoms with Crippen molar-refractivity contribution >= 4 is 99.5 Å². The van der Waals surface area contributed by atoms with Crippen LogP contribution in [0.25, 0.3) is 65.4 Å². The average Bonchev–Trinajstić information content (AvgIpc) is 3.80. The largest absolute Gasteiger partial charge is 0.456 e. The molecule has 270 valence electrons. The predicted octanol–water partition coefficient (Wildman–Crippen LogP) is 14.5. The van der Waals surface area contributed by atoms with Crippen molar-refractivity contribution < 1.29 is 8.83 Å². The number of para-hydroxylation sites is 2. The van der Waals surface area contributed by atoms with Crippen LogP contribution in [0.5, 0.6) is 0 Å². The van der Waals surface area contributed by atoms with Crippen LogP contribution < -0.4 is 9.80 Å². The van der Waals surface area contributed by atoms with Gasteiger partial charge in [0.2, 0.25) is 0 Å². The molecule has 0 aliphatic heterocycles. The average molecular weight is 743 g/mol. The van der Waals surface area contributed by atoms with E-state index in [9.17, 15) is 10.5 Å². The number of rotatable bonds is 6. The quantitative estimate of drug-likeness (QED) is 0.169. The molecule has 6 nitrogen and oxygen atoms in total. The van der Waals surface area contributed by atoms with Gasteiger partial charge >= 0.3 is 0 Å². The van der Waals surface area contributed by atoms with E-state index in [1.54, 1.807) is 0 Å². The molecule has 2 heterocycles. The van der Waals surface area contributed by atoms with E-state index in [-0.39, 0.29) is 0 Å². The normalized spacial score (nSPS) is 11.4. The SMILES string of the molecule is N#Cc1cccc(N(c2ccccc2)c2ccc3cc4c(cc3c2)oc2cc3c(cc24)oc2cc4cc(N(c5ccccc5)c5cccc(C#N)c5)ccc4cc23)c1. The molecule has 11 aromatic rings. The van der Waals surface area contributed by atoms with Crippen molar-refractivity contribution in [3.8, 4) is 12.1 Å². The van der Waals surface area contributed by atoms with Crippen molar-refractivity contribution in [2.45, 2.75) is 0 Å². The molecule has 0 fully saturated rings. The van der Waals surface area contributed by atoms with Crippen molar-refractivity contribution in [1.82, 2.24) is 0 Å². The van der Waals surface area contributed by atoms with Gasteiger partial charge < -0.3 is 18.6 Å². The highest BCUT2D eigenvalue weighted by Gasteiger charge is 2.19. The molecule has 0 N–H and O–H groups in total. The number of nitriles is 2. The molecule has 6 heteroatoms. The molecule has 0 spiro atoms. The van der Waals surface area contributed by atoms with Gasteiger partial charge in [0.25, 0.3) is 0 Å². The Labute approximate surface area is 332 Å². The van der Waals surface area contributed by atoms with Crippen molar-refractivity contribution in [2.24, 2.45) is 0 Å². The van der Waals surface area contributed by atoms with Gasteiger partial charge in [0, 0.05) is 55.7 Å². The lowest BCUT2D eigenvalue weighted by Crippen LogP contribution is -2.09. The summed E-state index contributed by atoms with van der Waals surface area (Å²) in [7, 11) is 0. The molecule has 0 unspecified atom stereocenters. The Morgan fingerprint density at radius 3 is 1.12 bits per heavy atom. The summed E-state index contributed by atoms with van der Waals surface area (Å²) in [5.41, 5.74) is 10.2. The Hall–Kier alpha value is -8.32. The number of hydrogen-bond donors (Lipinski definition) is 0. The van der Waals surface area contributed by atoms with Crippen LogP contribution in [0.2, 0.25) is 0 Å². The van der Waals surface area contributed by atoms with Crippen LogP contribution in [-0.4, -0.2) is 0 Å². The molecule has 0 atom stereocenters. The minimum Gasteiger partial charge on any atom is -0.456 e. The summed E-state index contributed by atoms with van der Waals surface area (Å²) in [6.45, 7) is 0. The van der Waals surface area contributed by atoms with E-state index >= 15 is 0 Å². The zero-order chi connectivity index (χ0) is 38.7. The third-order valence-corrected chi connectivity index (χ3v) is 11.0. The smallest absolute Gasteiger partial charge is 0.136 e. The number of hydrogen-bond acceptors (Lipinski definition) is 6. The number of furan rings is 2. The summed E-state index contributed by atoms with van der Waals surface area (Å²) < 4.78 is 13.2. The molecule has 58 heavy (non-hydrogen) atoms. The first-order valence-corrected chi connectivity index (χ1v) is 19.0. The van der Waals surface area contributed by atoms with Crippen molar-refractivity contribution in [3.63, 3.8) is 0 Å². The molecular formula is C52H30N4O2. The summed E-state index contributed by atoms with van der Waals surface area (Å²) in [5, 5.41) is 27.6. The van der Waals surface area contributed by atoms with Gasteiger partial charge in [-0.05, 0) is 143 Å². The molecule has 0 saturated carbocycles. The second kappa shape index (κ2) is 13.2. The monoisotopic (exact) mass is 742 g/mol. The third kappa shape index (κ3) is 5.48. The fourth-order valence-corrected chi connectivity index (χ4v) is 8.26. The van der Waals surface area contributed by atoms with Crippen molar-refractivity contribution in [3.05, 3.63) is 193 Å². The minimum atomic E-state index is 0.606. The van der Waals surface area contributed by atoms with Crippen LogP contribution >= 0.6 is 0 Å². The Kier molecular flexibility index (Phi) is 7.50. The van der Waals surface area contributed by atoms with Crippen LogP contribution in [0.3, 0.4) is 0 Å². The highest BCUT2D eigenvalue weighted by atomic mass is 16.3. The number of fused-ring (bicyclic) bond motifs is 8. The van der Waals surface area contributed by atoms with Gasteiger partial charge in [-0.3, -0.25) is 0 Å². The van der Waals surface area contributed by atoms with Crippen LogP contribution in [0, 0.1) is 22.7 Å². The maximum absolute atomic E-state index is 9.64. The van der Waals surface area contributed by atoms with Crippen molar-refractivity contribution in [1.29, 1.82) is 10.5 Å². The molecule has 0 aliphatic rings. The van der Waals surface area contributed by atoms with Gasteiger partial charge in [0.15, 0.2) is 0 Å².